The predicted octanol–water partition coefficient (Wildman–Crippen LogP) is 1.40. The summed E-state index contributed by atoms with van der Waals surface area (Å²) in [5.74, 6) is -0.00884. The SMILES string of the molecule is NC(N)=NCc1ccccc1OCC(F)(F)F. The van der Waals surface area contributed by atoms with E-state index >= 15 is 0 Å². The molecule has 1 aromatic carbocycles. The largest absolute Gasteiger partial charge is 0.484 e. The molecule has 0 amide bonds. The van der Waals surface area contributed by atoms with Gasteiger partial charge in [-0.3, -0.25) is 0 Å². The van der Waals surface area contributed by atoms with Gasteiger partial charge in [-0.05, 0) is 6.07 Å². The molecule has 1 aromatic rings. The molecule has 0 spiro atoms. The summed E-state index contributed by atoms with van der Waals surface area (Å²) in [4.78, 5) is 3.71. The van der Waals surface area contributed by atoms with Crippen molar-refractivity contribution in [2.75, 3.05) is 6.61 Å². The van der Waals surface area contributed by atoms with Crippen LogP contribution in [0.5, 0.6) is 5.75 Å². The first-order chi connectivity index (χ1) is 7.88. The number of benzene rings is 1. The number of ether oxygens (including phenoxy) is 1. The molecule has 4 nitrogen and oxygen atoms in total. The first kappa shape index (κ1) is 13.1. The summed E-state index contributed by atoms with van der Waals surface area (Å²) < 4.78 is 40.6. The fourth-order valence-electron chi connectivity index (χ4n) is 1.11. The average molecular weight is 247 g/mol. The Kier molecular flexibility index (Phi) is 4.19. The van der Waals surface area contributed by atoms with Crippen molar-refractivity contribution in [1.29, 1.82) is 0 Å². The van der Waals surface area contributed by atoms with Crippen molar-refractivity contribution in [3.05, 3.63) is 29.8 Å². The lowest BCUT2D eigenvalue weighted by molar-refractivity contribution is -0.153. The highest BCUT2D eigenvalue weighted by Crippen LogP contribution is 2.22. The smallest absolute Gasteiger partial charge is 0.422 e. The molecule has 0 saturated heterocycles. The van der Waals surface area contributed by atoms with E-state index in [9.17, 15) is 13.2 Å². The van der Waals surface area contributed by atoms with Crippen molar-refractivity contribution >= 4 is 5.96 Å². The van der Waals surface area contributed by atoms with Crippen LogP contribution in [0.4, 0.5) is 13.2 Å². The van der Waals surface area contributed by atoms with Crippen LogP contribution in [0.25, 0.3) is 0 Å². The standard InChI is InChI=1S/C10H12F3N3O/c11-10(12,13)6-17-8-4-2-1-3-7(8)5-16-9(14)15/h1-4H,5-6H2,(H4,14,15,16). The van der Waals surface area contributed by atoms with E-state index in [1.165, 1.54) is 6.07 Å². The summed E-state index contributed by atoms with van der Waals surface area (Å²) in [6.07, 6.45) is -4.37. The van der Waals surface area contributed by atoms with Crippen molar-refractivity contribution in [2.24, 2.45) is 16.5 Å². The Morgan fingerprint density at radius 1 is 1.24 bits per heavy atom. The first-order valence-electron chi connectivity index (χ1n) is 4.71. The molecule has 4 N–H and O–H groups in total. The Labute approximate surface area is 96.1 Å². The molecule has 1 rings (SSSR count). The monoisotopic (exact) mass is 247 g/mol. The molecule has 7 heteroatoms. The second-order valence-corrected chi connectivity index (χ2v) is 3.25. The number of para-hydroxylation sites is 1. The summed E-state index contributed by atoms with van der Waals surface area (Å²) in [7, 11) is 0. The summed E-state index contributed by atoms with van der Waals surface area (Å²) in [6.45, 7) is -1.26. The minimum absolute atomic E-state index is 0.0797. The molecular weight excluding hydrogens is 235 g/mol. The average Bonchev–Trinajstić information content (AvgIpc) is 2.23. The molecule has 0 saturated carbocycles. The van der Waals surface area contributed by atoms with Gasteiger partial charge in [-0.2, -0.15) is 13.2 Å². The Balaban J connectivity index is 2.74. The van der Waals surface area contributed by atoms with Crippen LogP contribution in [-0.4, -0.2) is 18.7 Å². The van der Waals surface area contributed by atoms with Gasteiger partial charge in [0.15, 0.2) is 12.6 Å². The molecule has 0 heterocycles. The molecule has 0 radical (unpaired) electrons. The molecule has 0 aromatic heterocycles. The highest BCUT2D eigenvalue weighted by Gasteiger charge is 2.28. The van der Waals surface area contributed by atoms with Gasteiger partial charge in [-0.25, -0.2) is 4.99 Å². The van der Waals surface area contributed by atoms with Crippen molar-refractivity contribution in [3.63, 3.8) is 0 Å². The summed E-state index contributed by atoms with van der Waals surface area (Å²) in [5, 5.41) is 0. The van der Waals surface area contributed by atoms with Gasteiger partial charge in [-0.1, -0.05) is 18.2 Å². The van der Waals surface area contributed by atoms with Gasteiger partial charge in [0, 0.05) is 5.56 Å². The van der Waals surface area contributed by atoms with Crippen molar-refractivity contribution in [1.82, 2.24) is 0 Å². The van der Waals surface area contributed by atoms with E-state index in [1.807, 2.05) is 0 Å². The lowest BCUT2D eigenvalue weighted by Gasteiger charge is -2.11. The number of nitrogens with zero attached hydrogens (tertiary/aromatic N) is 1. The van der Waals surface area contributed by atoms with Gasteiger partial charge in [0.05, 0.1) is 6.54 Å². The molecule has 0 atom stereocenters. The third-order valence-electron chi connectivity index (χ3n) is 1.80. The number of aliphatic imine (C=N–C) groups is 1. The molecule has 0 aliphatic carbocycles. The molecular formula is C10H12F3N3O. The van der Waals surface area contributed by atoms with E-state index in [0.717, 1.165) is 0 Å². The van der Waals surface area contributed by atoms with Gasteiger partial charge in [-0.15, -0.1) is 0 Å². The number of hydrogen-bond acceptors (Lipinski definition) is 2. The molecule has 0 fully saturated rings. The predicted molar refractivity (Wildman–Crippen MR) is 57.5 cm³/mol. The molecule has 0 bridgehead atoms. The number of guanidine groups is 1. The maximum Gasteiger partial charge on any atom is 0.422 e. The third-order valence-corrected chi connectivity index (χ3v) is 1.80. The van der Waals surface area contributed by atoms with E-state index in [0.29, 0.717) is 5.56 Å². The van der Waals surface area contributed by atoms with Crippen LogP contribution in [0.15, 0.2) is 29.3 Å². The summed E-state index contributed by atoms with van der Waals surface area (Å²) >= 11 is 0. The third kappa shape index (κ3) is 5.10. The minimum Gasteiger partial charge on any atom is -0.484 e. The van der Waals surface area contributed by atoms with Gasteiger partial charge in [0.1, 0.15) is 5.75 Å². The van der Waals surface area contributed by atoms with Crippen LogP contribution in [0.3, 0.4) is 0 Å². The topological polar surface area (TPSA) is 73.6 Å². The second kappa shape index (κ2) is 5.42. The Hall–Kier alpha value is -1.92. The van der Waals surface area contributed by atoms with Crippen LogP contribution < -0.4 is 16.2 Å². The first-order valence-corrected chi connectivity index (χ1v) is 4.71. The number of rotatable bonds is 4. The molecule has 0 aliphatic rings. The Bertz CT molecular complexity index is 400. The maximum absolute atomic E-state index is 12.0. The van der Waals surface area contributed by atoms with Crippen LogP contribution >= 0.6 is 0 Å². The van der Waals surface area contributed by atoms with Gasteiger partial charge >= 0.3 is 6.18 Å². The summed E-state index contributed by atoms with van der Waals surface area (Å²) in [6, 6.07) is 6.27. The fraction of sp³-hybridized carbons (Fsp3) is 0.300. The van der Waals surface area contributed by atoms with E-state index in [1.54, 1.807) is 18.2 Å². The van der Waals surface area contributed by atoms with E-state index in [-0.39, 0.29) is 18.3 Å². The minimum atomic E-state index is -4.37. The molecule has 17 heavy (non-hydrogen) atoms. The molecule has 94 valence electrons. The lowest BCUT2D eigenvalue weighted by atomic mass is 10.2. The Morgan fingerprint density at radius 3 is 2.47 bits per heavy atom. The van der Waals surface area contributed by atoms with Gasteiger partial charge < -0.3 is 16.2 Å². The van der Waals surface area contributed by atoms with Gasteiger partial charge in [0.25, 0.3) is 0 Å². The van der Waals surface area contributed by atoms with Crippen LogP contribution in [0.2, 0.25) is 0 Å². The van der Waals surface area contributed by atoms with Crippen LogP contribution in [0.1, 0.15) is 5.56 Å². The second-order valence-electron chi connectivity index (χ2n) is 3.25. The number of hydrogen-bond donors (Lipinski definition) is 2. The maximum atomic E-state index is 12.0. The van der Waals surface area contributed by atoms with Crippen molar-refractivity contribution in [3.8, 4) is 5.75 Å². The van der Waals surface area contributed by atoms with E-state index in [4.69, 9.17) is 11.5 Å². The van der Waals surface area contributed by atoms with Crippen molar-refractivity contribution < 1.29 is 17.9 Å². The van der Waals surface area contributed by atoms with Crippen LogP contribution in [0, 0.1) is 0 Å². The van der Waals surface area contributed by atoms with Gasteiger partial charge in [0.2, 0.25) is 0 Å². The fourth-order valence-corrected chi connectivity index (χ4v) is 1.11. The zero-order chi connectivity index (χ0) is 12.9. The zero-order valence-electron chi connectivity index (χ0n) is 8.87. The Morgan fingerprint density at radius 2 is 1.88 bits per heavy atom. The van der Waals surface area contributed by atoms with Crippen molar-refractivity contribution in [2.45, 2.75) is 12.7 Å². The normalized spacial score (nSPS) is 11.0. The highest BCUT2D eigenvalue weighted by atomic mass is 19.4. The molecule has 0 aliphatic heterocycles. The van der Waals surface area contributed by atoms with E-state index < -0.39 is 12.8 Å². The quantitative estimate of drug-likeness (QED) is 0.624. The van der Waals surface area contributed by atoms with Crippen LogP contribution in [-0.2, 0) is 6.54 Å². The summed E-state index contributed by atoms with van der Waals surface area (Å²) in [5.41, 5.74) is 10.8. The van der Waals surface area contributed by atoms with E-state index in [2.05, 4.69) is 9.73 Å². The lowest BCUT2D eigenvalue weighted by Crippen LogP contribution is -2.23. The number of nitrogens with two attached hydrogens (primary N) is 2. The number of halogens is 3. The molecule has 0 unspecified atom stereocenters. The highest BCUT2D eigenvalue weighted by molar-refractivity contribution is 5.75. The number of alkyl halides is 3. The zero-order valence-corrected chi connectivity index (χ0v) is 8.87.